The first-order valence-corrected chi connectivity index (χ1v) is 10.5. The van der Waals surface area contributed by atoms with E-state index in [0.29, 0.717) is 28.6 Å². The van der Waals surface area contributed by atoms with Crippen molar-refractivity contribution >= 4 is 15.7 Å². The lowest BCUT2D eigenvalue weighted by molar-refractivity contribution is -0.137. The van der Waals surface area contributed by atoms with Crippen LogP contribution in [0.25, 0.3) is 0 Å². The van der Waals surface area contributed by atoms with E-state index < -0.39 is 21.8 Å². The van der Waals surface area contributed by atoms with Crippen molar-refractivity contribution in [3.05, 3.63) is 78.0 Å². The van der Waals surface area contributed by atoms with E-state index in [0.717, 1.165) is 18.4 Å². The molecule has 0 bridgehead atoms. The van der Waals surface area contributed by atoms with Gasteiger partial charge in [0.05, 0.1) is 11.8 Å². The molecule has 0 aliphatic carbocycles. The summed E-state index contributed by atoms with van der Waals surface area (Å²) < 4.78 is 73.5. The van der Waals surface area contributed by atoms with Crippen molar-refractivity contribution in [2.45, 2.75) is 12.8 Å². The summed E-state index contributed by atoms with van der Waals surface area (Å²) in [5.41, 5.74) is 0.377. The predicted octanol–water partition coefficient (Wildman–Crippen LogP) is 4.84. The summed E-state index contributed by atoms with van der Waals surface area (Å²) in [6.07, 6.45) is -1.80. The van der Waals surface area contributed by atoms with E-state index >= 15 is 0 Å². The Bertz CT molecular complexity index is 1080. The first-order valence-electron chi connectivity index (χ1n) is 8.59. The maximum atomic E-state index is 12.6. The van der Waals surface area contributed by atoms with Gasteiger partial charge < -0.3 is 9.47 Å². The molecule has 0 saturated heterocycles. The molecule has 0 spiro atoms. The van der Waals surface area contributed by atoms with Crippen LogP contribution in [0.15, 0.2) is 66.9 Å². The number of rotatable bonds is 7. The number of nitrogens with zero attached hydrogens (tertiary/aromatic N) is 1. The maximum Gasteiger partial charge on any atom is 0.416 e. The third-order valence-corrected chi connectivity index (χ3v) is 4.37. The fraction of sp³-hybridized carbons (Fsp3) is 0.150. The third kappa shape index (κ3) is 6.38. The molecule has 158 valence electrons. The summed E-state index contributed by atoms with van der Waals surface area (Å²) in [5.74, 6) is 1.10. The van der Waals surface area contributed by atoms with Gasteiger partial charge in [-0.25, -0.2) is 13.4 Å². The Labute approximate surface area is 171 Å². The number of ether oxygens (including phenoxy) is 2. The average molecular weight is 438 g/mol. The standard InChI is InChI=1S/C20H17F3N2O4S/c1-30(26,27)25-16-5-9-18(10-6-16)29-19-11-2-14(12-24-19)13-28-17-7-3-15(4-8-17)20(21,22)23/h2-12,25H,13H2,1H3. The molecule has 3 rings (SSSR count). The van der Waals surface area contributed by atoms with Crippen LogP contribution in [0.3, 0.4) is 0 Å². The second kappa shape index (κ2) is 8.62. The van der Waals surface area contributed by atoms with Crippen LogP contribution in [0.4, 0.5) is 18.9 Å². The molecule has 0 aliphatic heterocycles. The van der Waals surface area contributed by atoms with E-state index in [9.17, 15) is 21.6 Å². The second-order valence-corrected chi connectivity index (χ2v) is 8.06. The van der Waals surface area contributed by atoms with E-state index in [2.05, 4.69) is 9.71 Å². The Morgan fingerprint density at radius 1 is 0.933 bits per heavy atom. The topological polar surface area (TPSA) is 77.5 Å². The van der Waals surface area contributed by atoms with Gasteiger partial charge in [0.25, 0.3) is 0 Å². The fourth-order valence-electron chi connectivity index (χ4n) is 2.39. The molecule has 0 radical (unpaired) electrons. The van der Waals surface area contributed by atoms with Crippen LogP contribution in [0.2, 0.25) is 0 Å². The monoisotopic (exact) mass is 438 g/mol. The summed E-state index contributed by atoms with van der Waals surface area (Å²) in [7, 11) is -3.35. The lowest BCUT2D eigenvalue weighted by Gasteiger charge is -2.10. The second-order valence-electron chi connectivity index (χ2n) is 6.32. The van der Waals surface area contributed by atoms with Crippen molar-refractivity contribution < 1.29 is 31.1 Å². The highest BCUT2D eigenvalue weighted by atomic mass is 32.2. The van der Waals surface area contributed by atoms with Gasteiger partial charge in [0.2, 0.25) is 15.9 Å². The molecular weight excluding hydrogens is 421 g/mol. The Kier molecular flexibility index (Phi) is 6.16. The minimum Gasteiger partial charge on any atom is -0.489 e. The molecule has 10 heteroatoms. The van der Waals surface area contributed by atoms with E-state index in [1.54, 1.807) is 36.4 Å². The highest BCUT2D eigenvalue weighted by Gasteiger charge is 2.30. The van der Waals surface area contributed by atoms with Crippen molar-refractivity contribution in [1.29, 1.82) is 0 Å². The van der Waals surface area contributed by atoms with Crippen LogP contribution in [-0.2, 0) is 22.8 Å². The zero-order valence-electron chi connectivity index (χ0n) is 15.7. The number of anilines is 1. The molecule has 0 fully saturated rings. The molecule has 1 N–H and O–H groups in total. The number of aromatic nitrogens is 1. The van der Waals surface area contributed by atoms with Gasteiger partial charge in [-0.2, -0.15) is 13.2 Å². The number of alkyl halides is 3. The normalized spacial score (nSPS) is 11.7. The minimum atomic E-state index is -4.39. The molecule has 30 heavy (non-hydrogen) atoms. The molecular formula is C20H17F3N2O4S. The molecule has 0 aliphatic rings. The molecule has 0 amide bonds. The van der Waals surface area contributed by atoms with Crippen molar-refractivity contribution in [2.75, 3.05) is 11.0 Å². The maximum absolute atomic E-state index is 12.6. The predicted molar refractivity (Wildman–Crippen MR) is 105 cm³/mol. The summed E-state index contributed by atoms with van der Waals surface area (Å²) in [6.45, 7) is 0.129. The Morgan fingerprint density at radius 3 is 2.10 bits per heavy atom. The van der Waals surface area contributed by atoms with E-state index in [4.69, 9.17) is 9.47 Å². The van der Waals surface area contributed by atoms with Crippen molar-refractivity contribution in [1.82, 2.24) is 4.98 Å². The Morgan fingerprint density at radius 2 is 1.57 bits per heavy atom. The average Bonchev–Trinajstić information content (AvgIpc) is 2.67. The first-order chi connectivity index (χ1) is 14.1. The number of benzene rings is 2. The highest BCUT2D eigenvalue weighted by molar-refractivity contribution is 7.92. The van der Waals surface area contributed by atoms with Crippen molar-refractivity contribution in [2.24, 2.45) is 0 Å². The molecule has 6 nitrogen and oxygen atoms in total. The van der Waals surface area contributed by atoms with Crippen LogP contribution in [0.5, 0.6) is 17.4 Å². The minimum absolute atomic E-state index is 0.129. The molecule has 0 unspecified atom stereocenters. The number of halogens is 3. The van der Waals surface area contributed by atoms with Crippen molar-refractivity contribution in [3.8, 4) is 17.4 Å². The Hall–Kier alpha value is -3.27. The van der Waals surface area contributed by atoms with Gasteiger partial charge in [-0.3, -0.25) is 4.72 Å². The van der Waals surface area contributed by atoms with Gasteiger partial charge in [0, 0.05) is 23.5 Å². The molecule has 2 aromatic carbocycles. The number of hydrogen-bond donors (Lipinski definition) is 1. The molecule has 3 aromatic rings. The number of pyridine rings is 1. The van der Waals surface area contributed by atoms with E-state index in [1.807, 2.05) is 0 Å². The number of nitrogens with one attached hydrogen (secondary N) is 1. The van der Waals surface area contributed by atoms with Crippen LogP contribution in [0, 0.1) is 0 Å². The van der Waals surface area contributed by atoms with Gasteiger partial charge >= 0.3 is 6.18 Å². The third-order valence-electron chi connectivity index (χ3n) is 3.76. The fourth-order valence-corrected chi connectivity index (χ4v) is 2.95. The zero-order chi connectivity index (χ0) is 21.8. The van der Waals surface area contributed by atoms with E-state index in [-0.39, 0.29) is 6.61 Å². The zero-order valence-corrected chi connectivity index (χ0v) is 16.5. The van der Waals surface area contributed by atoms with Crippen LogP contribution in [-0.4, -0.2) is 19.7 Å². The number of hydrogen-bond acceptors (Lipinski definition) is 5. The van der Waals surface area contributed by atoms with Gasteiger partial charge in [-0.05, 0) is 54.6 Å². The lowest BCUT2D eigenvalue weighted by Crippen LogP contribution is -2.09. The largest absolute Gasteiger partial charge is 0.489 e. The van der Waals surface area contributed by atoms with Gasteiger partial charge in [-0.1, -0.05) is 0 Å². The highest BCUT2D eigenvalue weighted by Crippen LogP contribution is 2.30. The van der Waals surface area contributed by atoms with Crippen molar-refractivity contribution in [3.63, 3.8) is 0 Å². The summed E-state index contributed by atoms with van der Waals surface area (Å²) >= 11 is 0. The van der Waals surface area contributed by atoms with Gasteiger partial charge in [0.1, 0.15) is 18.1 Å². The smallest absolute Gasteiger partial charge is 0.416 e. The SMILES string of the molecule is CS(=O)(=O)Nc1ccc(Oc2ccc(COc3ccc(C(F)(F)F)cc3)cn2)cc1. The quantitative estimate of drug-likeness (QED) is 0.571. The van der Waals surface area contributed by atoms with Crippen LogP contribution >= 0.6 is 0 Å². The van der Waals surface area contributed by atoms with Crippen LogP contribution in [0.1, 0.15) is 11.1 Å². The molecule has 1 heterocycles. The van der Waals surface area contributed by atoms with E-state index in [1.165, 1.54) is 18.3 Å². The summed E-state index contributed by atoms with van der Waals surface area (Å²) in [5, 5.41) is 0. The van der Waals surface area contributed by atoms with Gasteiger partial charge in [0.15, 0.2) is 0 Å². The first kappa shape index (κ1) is 21.4. The lowest BCUT2D eigenvalue weighted by atomic mass is 10.2. The molecule has 0 saturated carbocycles. The van der Waals surface area contributed by atoms with Gasteiger partial charge in [-0.15, -0.1) is 0 Å². The molecule has 0 atom stereocenters. The summed E-state index contributed by atoms with van der Waals surface area (Å²) in [6, 6.07) is 14.1. The molecule has 1 aromatic heterocycles. The number of sulfonamides is 1. The summed E-state index contributed by atoms with van der Waals surface area (Å²) in [4.78, 5) is 4.15. The Balaban J connectivity index is 1.55. The van der Waals surface area contributed by atoms with Crippen LogP contribution < -0.4 is 14.2 Å².